The number of rotatable bonds is 4. The molecule has 1 atom stereocenters. The summed E-state index contributed by atoms with van der Waals surface area (Å²) >= 11 is 0.805. The molecular formula is C13H10F4O3S. The minimum absolute atomic E-state index is 0.00530. The van der Waals surface area contributed by atoms with Crippen LogP contribution in [0.15, 0.2) is 18.2 Å². The number of carboxylic acids is 1. The van der Waals surface area contributed by atoms with Gasteiger partial charge in [0.1, 0.15) is 10.7 Å². The van der Waals surface area contributed by atoms with Gasteiger partial charge < -0.3 is 9.84 Å². The number of fused-ring (bicyclic) bond motifs is 1. The van der Waals surface area contributed by atoms with E-state index < -0.39 is 30.7 Å². The maximum Gasteiger partial charge on any atom is 0.414 e. The number of alkyl halides is 3. The second kappa shape index (κ2) is 5.61. The first-order valence-electron chi connectivity index (χ1n) is 5.83. The number of hydrogen-bond acceptors (Lipinski definition) is 3. The molecule has 0 saturated carbocycles. The van der Waals surface area contributed by atoms with Gasteiger partial charge in [-0.05, 0) is 19.1 Å². The van der Waals surface area contributed by atoms with Crippen molar-refractivity contribution in [2.75, 3.05) is 0 Å². The van der Waals surface area contributed by atoms with Gasteiger partial charge in [0.2, 0.25) is 0 Å². The Morgan fingerprint density at radius 3 is 2.67 bits per heavy atom. The number of thiophene rings is 1. The van der Waals surface area contributed by atoms with Crippen LogP contribution in [0.25, 0.3) is 10.1 Å². The van der Waals surface area contributed by atoms with Gasteiger partial charge in [-0.25, -0.2) is 9.18 Å². The van der Waals surface area contributed by atoms with Crippen molar-refractivity contribution < 1.29 is 32.2 Å². The number of benzene rings is 1. The predicted molar refractivity (Wildman–Crippen MR) is 69.0 cm³/mol. The second-order valence-electron chi connectivity index (χ2n) is 4.32. The van der Waals surface area contributed by atoms with Gasteiger partial charge in [-0.1, -0.05) is 6.07 Å². The monoisotopic (exact) mass is 322 g/mol. The van der Waals surface area contributed by atoms with Crippen LogP contribution in [-0.4, -0.2) is 23.4 Å². The molecule has 114 valence electrons. The molecule has 0 fully saturated rings. The molecule has 2 rings (SSSR count). The highest BCUT2D eigenvalue weighted by atomic mass is 32.1. The Bertz CT molecular complexity index is 678. The lowest BCUT2D eigenvalue weighted by Crippen LogP contribution is -2.28. The van der Waals surface area contributed by atoms with Crippen molar-refractivity contribution in [3.05, 3.63) is 34.5 Å². The maximum absolute atomic E-state index is 13.8. The summed E-state index contributed by atoms with van der Waals surface area (Å²) in [6.07, 6.45) is -6.63. The van der Waals surface area contributed by atoms with Gasteiger partial charge >= 0.3 is 12.1 Å². The van der Waals surface area contributed by atoms with Crippen molar-refractivity contribution in [3.63, 3.8) is 0 Å². The fourth-order valence-corrected chi connectivity index (χ4v) is 2.84. The fraction of sp³-hybridized carbons (Fsp3) is 0.308. The predicted octanol–water partition coefficient (Wildman–Crippen LogP) is 4.21. The lowest BCUT2D eigenvalue weighted by atomic mass is 10.1. The third kappa shape index (κ3) is 3.16. The van der Waals surface area contributed by atoms with Gasteiger partial charge in [0, 0.05) is 15.6 Å². The molecule has 0 bridgehead atoms. The van der Waals surface area contributed by atoms with E-state index >= 15 is 0 Å². The van der Waals surface area contributed by atoms with E-state index in [1.165, 1.54) is 12.1 Å². The van der Waals surface area contributed by atoms with E-state index in [2.05, 4.69) is 4.74 Å². The van der Waals surface area contributed by atoms with Crippen LogP contribution in [0, 0.1) is 5.82 Å². The van der Waals surface area contributed by atoms with E-state index in [0.29, 0.717) is 4.70 Å². The van der Waals surface area contributed by atoms with Gasteiger partial charge in [0.05, 0.1) is 6.61 Å². The van der Waals surface area contributed by atoms with E-state index in [1.54, 1.807) is 0 Å². The van der Waals surface area contributed by atoms with Gasteiger partial charge in [0.25, 0.3) is 0 Å². The SMILES string of the molecule is CC(OCc1c(C(=O)O)sc2cccc(F)c12)C(F)(F)F. The number of carbonyl (C=O) groups is 1. The Hall–Kier alpha value is -1.67. The quantitative estimate of drug-likeness (QED) is 0.858. The zero-order valence-corrected chi connectivity index (χ0v) is 11.5. The highest BCUT2D eigenvalue weighted by molar-refractivity contribution is 7.21. The summed E-state index contributed by atoms with van der Waals surface area (Å²) in [5, 5.41) is 9.09. The Morgan fingerprint density at radius 2 is 2.10 bits per heavy atom. The molecule has 0 aliphatic heterocycles. The normalized spacial score (nSPS) is 13.6. The van der Waals surface area contributed by atoms with Crippen molar-refractivity contribution in [2.45, 2.75) is 25.8 Å². The molecule has 0 aliphatic rings. The Morgan fingerprint density at radius 1 is 1.43 bits per heavy atom. The van der Waals surface area contributed by atoms with Crippen LogP contribution in [0.2, 0.25) is 0 Å². The molecule has 0 radical (unpaired) electrons. The smallest absolute Gasteiger partial charge is 0.414 e. The molecule has 21 heavy (non-hydrogen) atoms. The summed E-state index contributed by atoms with van der Waals surface area (Å²) < 4.78 is 56.1. The molecule has 1 N–H and O–H groups in total. The Kier molecular flexibility index (Phi) is 4.20. The van der Waals surface area contributed by atoms with Crippen LogP contribution in [0.4, 0.5) is 17.6 Å². The minimum Gasteiger partial charge on any atom is -0.477 e. The Labute approximate surface area is 120 Å². The first-order valence-corrected chi connectivity index (χ1v) is 6.65. The van der Waals surface area contributed by atoms with Crippen LogP contribution < -0.4 is 0 Å². The summed E-state index contributed by atoms with van der Waals surface area (Å²) in [6, 6.07) is 4.03. The largest absolute Gasteiger partial charge is 0.477 e. The van der Waals surface area contributed by atoms with Crippen LogP contribution in [0.5, 0.6) is 0 Å². The molecule has 8 heteroatoms. The minimum atomic E-state index is -4.56. The number of aromatic carboxylic acids is 1. The number of hydrogen-bond donors (Lipinski definition) is 1. The number of ether oxygens (including phenoxy) is 1. The van der Waals surface area contributed by atoms with Gasteiger partial charge in [-0.15, -0.1) is 11.3 Å². The molecular weight excluding hydrogens is 312 g/mol. The third-order valence-corrected chi connectivity index (χ3v) is 4.08. The van der Waals surface area contributed by atoms with Crippen LogP contribution >= 0.6 is 11.3 Å². The summed E-state index contributed by atoms with van der Waals surface area (Å²) in [5.41, 5.74) is -0.0725. The van der Waals surface area contributed by atoms with Gasteiger partial charge in [-0.2, -0.15) is 13.2 Å². The van der Waals surface area contributed by atoms with Crippen LogP contribution in [0.3, 0.4) is 0 Å². The maximum atomic E-state index is 13.8. The standard InChI is InChI=1S/C13H10F4O3S/c1-6(13(15,16)17)20-5-7-10-8(14)3-2-4-9(10)21-11(7)12(18)19/h2-4,6H,5H2,1H3,(H,18,19). The molecule has 1 aromatic carbocycles. The highest BCUT2D eigenvalue weighted by Gasteiger charge is 2.37. The zero-order valence-electron chi connectivity index (χ0n) is 10.7. The number of carboxylic acid groups (broad SMARTS) is 1. The Balaban J connectivity index is 2.42. The third-order valence-electron chi connectivity index (χ3n) is 2.90. The second-order valence-corrected chi connectivity index (χ2v) is 5.37. The summed E-state index contributed by atoms with van der Waals surface area (Å²) in [5.74, 6) is -2.01. The molecule has 0 amide bonds. The van der Waals surface area contributed by atoms with E-state index in [-0.39, 0.29) is 15.8 Å². The van der Waals surface area contributed by atoms with Gasteiger partial charge in [-0.3, -0.25) is 0 Å². The summed E-state index contributed by atoms with van der Waals surface area (Å²) in [7, 11) is 0. The molecule has 1 aromatic heterocycles. The molecule has 0 spiro atoms. The molecule has 2 aromatic rings. The summed E-state index contributed by atoms with van der Waals surface area (Å²) in [6.45, 7) is 0.189. The van der Waals surface area contributed by atoms with Crippen molar-refractivity contribution in [1.82, 2.24) is 0 Å². The van der Waals surface area contributed by atoms with E-state index in [9.17, 15) is 22.4 Å². The van der Waals surface area contributed by atoms with Gasteiger partial charge in [0.15, 0.2) is 6.10 Å². The molecule has 1 heterocycles. The molecule has 0 aliphatic carbocycles. The van der Waals surface area contributed by atoms with Crippen LogP contribution in [-0.2, 0) is 11.3 Å². The van der Waals surface area contributed by atoms with E-state index in [4.69, 9.17) is 5.11 Å². The van der Waals surface area contributed by atoms with Crippen molar-refractivity contribution >= 4 is 27.4 Å². The van der Waals surface area contributed by atoms with Crippen molar-refractivity contribution in [1.29, 1.82) is 0 Å². The topological polar surface area (TPSA) is 46.5 Å². The average Bonchev–Trinajstić information content (AvgIpc) is 2.75. The number of halogens is 4. The summed E-state index contributed by atoms with van der Waals surface area (Å²) in [4.78, 5) is 10.9. The zero-order chi connectivity index (χ0) is 15.8. The molecule has 0 saturated heterocycles. The lowest BCUT2D eigenvalue weighted by molar-refractivity contribution is -0.217. The van der Waals surface area contributed by atoms with Crippen molar-refractivity contribution in [2.24, 2.45) is 0 Å². The highest BCUT2D eigenvalue weighted by Crippen LogP contribution is 2.34. The first-order chi connectivity index (χ1) is 9.71. The fourth-order valence-electron chi connectivity index (χ4n) is 1.78. The first kappa shape index (κ1) is 15.7. The van der Waals surface area contributed by atoms with E-state index in [0.717, 1.165) is 24.3 Å². The van der Waals surface area contributed by atoms with Crippen LogP contribution in [0.1, 0.15) is 22.2 Å². The van der Waals surface area contributed by atoms with E-state index in [1.807, 2.05) is 0 Å². The molecule has 3 nitrogen and oxygen atoms in total. The average molecular weight is 322 g/mol. The van der Waals surface area contributed by atoms with Crippen molar-refractivity contribution in [3.8, 4) is 0 Å². The molecule has 1 unspecified atom stereocenters. The lowest BCUT2D eigenvalue weighted by Gasteiger charge is -2.16.